The Kier molecular flexibility index (Phi) is 3.88. The highest BCUT2D eigenvalue weighted by atomic mass is 35.5. The van der Waals surface area contributed by atoms with E-state index in [2.05, 4.69) is 16.8 Å². The van der Waals surface area contributed by atoms with E-state index in [9.17, 15) is 5.11 Å². The van der Waals surface area contributed by atoms with E-state index in [0.29, 0.717) is 18.1 Å². The molecule has 0 amide bonds. The molecule has 2 aromatic heterocycles. The minimum atomic E-state index is -0.305. The van der Waals surface area contributed by atoms with E-state index in [1.807, 2.05) is 27.8 Å². The molecule has 4 heterocycles. The van der Waals surface area contributed by atoms with Gasteiger partial charge in [0.05, 0.1) is 35.4 Å². The third-order valence-corrected chi connectivity index (χ3v) is 5.11. The highest BCUT2D eigenvalue weighted by molar-refractivity contribution is 6.34. The van der Waals surface area contributed by atoms with Crippen LogP contribution in [0.4, 0.5) is 5.82 Å². The predicted molar refractivity (Wildman–Crippen MR) is 93.3 cm³/mol. The average molecular weight is 349 g/mol. The molecule has 0 aliphatic carbocycles. The van der Waals surface area contributed by atoms with Gasteiger partial charge in [-0.2, -0.15) is 5.12 Å². The van der Waals surface area contributed by atoms with Crippen LogP contribution in [0.3, 0.4) is 0 Å². The summed E-state index contributed by atoms with van der Waals surface area (Å²) in [5.41, 5.74) is 1.92. The summed E-state index contributed by atoms with van der Waals surface area (Å²) in [5.74, 6) is 7.08. The van der Waals surface area contributed by atoms with Gasteiger partial charge in [-0.05, 0) is 25.5 Å². The molecule has 2 aliphatic heterocycles. The Balaban J connectivity index is 1.85. The number of β-amino-alcohol motifs (C(OH)–C–C–N with tert-alkyl or cyclic N) is 1. The molecular formula is C16H21ClN6O. The average Bonchev–Trinajstić information content (AvgIpc) is 3.27. The molecule has 2 aromatic rings. The standard InChI is InChI=1S/C16H21ClN6O/c1-11(22-4-2-5-23(22)18)13-7-14(17)15-8-19-10-21(15)16(13)20-6-3-12(24)9-20/h2,4,7-8,10-12,24H,3,5-6,9,18H2,1H3. The second-order valence-electron chi connectivity index (χ2n) is 6.37. The zero-order valence-corrected chi connectivity index (χ0v) is 14.3. The molecule has 4 rings (SSSR count). The SMILES string of the molecule is CC(c1cc(Cl)c2cncn2c1N1CCC(O)C1)N1C=CCN1N. The van der Waals surface area contributed by atoms with E-state index >= 15 is 0 Å². The Labute approximate surface area is 145 Å². The second-order valence-corrected chi connectivity index (χ2v) is 6.78. The van der Waals surface area contributed by atoms with Gasteiger partial charge in [-0.1, -0.05) is 11.6 Å². The summed E-state index contributed by atoms with van der Waals surface area (Å²) in [5, 5.41) is 14.3. The third-order valence-electron chi connectivity index (χ3n) is 4.81. The number of aromatic nitrogens is 2. The molecule has 1 saturated heterocycles. The van der Waals surface area contributed by atoms with Gasteiger partial charge in [-0.25, -0.2) is 4.98 Å². The summed E-state index contributed by atoms with van der Waals surface area (Å²) in [6.45, 7) is 4.19. The molecule has 0 spiro atoms. The van der Waals surface area contributed by atoms with Crippen LogP contribution in [-0.4, -0.2) is 50.4 Å². The number of anilines is 1. The van der Waals surface area contributed by atoms with Gasteiger partial charge < -0.3 is 10.0 Å². The van der Waals surface area contributed by atoms with Crippen molar-refractivity contribution in [1.82, 2.24) is 19.5 Å². The first kappa shape index (κ1) is 15.7. The van der Waals surface area contributed by atoms with Crippen molar-refractivity contribution in [3.63, 3.8) is 0 Å². The zero-order chi connectivity index (χ0) is 16.8. The number of aliphatic hydroxyl groups is 1. The second kappa shape index (κ2) is 5.93. The van der Waals surface area contributed by atoms with Crippen LogP contribution in [0, 0.1) is 0 Å². The van der Waals surface area contributed by atoms with E-state index in [4.69, 9.17) is 17.4 Å². The van der Waals surface area contributed by atoms with Gasteiger partial charge in [0.1, 0.15) is 12.1 Å². The van der Waals surface area contributed by atoms with E-state index in [1.165, 1.54) is 0 Å². The van der Waals surface area contributed by atoms with Crippen LogP contribution in [-0.2, 0) is 0 Å². The first-order valence-electron chi connectivity index (χ1n) is 8.11. The third kappa shape index (κ3) is 2.44. The van der Waals surface area contributed by atoms with Crippen LogP contribution in [0.5, 0.6) is 0 Å². The monoisotopic (exact) mass is 348 g/mol. The fourth-order valence-electron chi connectivity index (χ4n) is 3.57. The summed E-state index contributed by atoms with van der Waals surface area (Å²) in [6, 6.07) is 1.99. The number of hydrazine groups is 2. The molecule has 128 valence electrons. The van der Waals surface area contributed by atoms with Gasteiger partial charge in [-0.15, -0.1) is 0 Å². The highest BCUT2D eigenvalue weighted by Gasteiger charge is 2.30. The van der Waals surface area contributed by atoms with Crippen LogP contribution >= 0.6 is 11.6 Å². The number of hydrogen-bond acceptors (Lipinski definition) is 6. The summed E-state index contributed by atoms with van der Waals surface area (Å²) in [7, 11) is 0. The predicted octanol–water partition coefficient (Wildman–Crippen LogP) is 1.54. The highest BCUT2D eigenvalue weighted by Crippen LogP contribution is 2.37. The van der Waals surface area contributed by atoms with Crippen molar-refractivity contribution in [2.75, 3.05) is 24.5 Å². The molecule has 2 aliphatic rings. The van der Waals surface area contributed by atoms with Crippen LogP contribution < -0.4 is 10.7 Å². The summed E-state index contributed by atoms with van der Waals surface area (Å²) in [6.07, 6.45) is 8.00. The molecule has 3 N–H and O–H groups in total. The van der Waals surface area contributed by atoms with Gasteiger partial charge in [0.2, 0.25) is 0 Å². The van der Waals surface area contributed by atoms with Gasteiger partial charge in [0, 0.05) is 24.9 Å². The number of halogens is 1. The lowest BCUT2D eigenvalue weighted by molar-refractivity contribution is 0.0158. The molecule has 24 heavy (non-hydrogen) atoms. The fourth-order valence-corrected chi connectivity index (χ4v) is 3.83. The van der Waals surface area contributed by atoms with Crippen molar-refractivity contribution < 1.29 is 5.11 Å². The summed E-state index contributed by atoms with van der Waals surface area (Å²) < 4.78 is 2.01. The Hall–Kier alpha value is -1.80. The maximum atomic E-state index is 9.98. The zero-order valence-electron chi connectivity index (χ0n) is 13.5. The smallest absolute Gasteiger partial charge is 0.120 e. The van der Waals surface area contributed by atoms with Gasteiger partial charge in [0.15, 0.2) is 0 Å². The molecule has 2 unspecified atom stereocenters. The number of rotatable bonds is 3. The first-order valence-corrected chi connectivity index (χ1v) is 8.48. The number of hydrogen-bond donors (Lipinski definition) is 2. The molecular weight excluding hydrogens is 328 g/mol. The van der Waals surface area contributed by atoms with Crippen molar-refractivity contribution in [3.05, 3.63) is 41.5 Å². The van der Waals surface area contributed by atoms with E-state index in [-0.39, 0.29) is 12.1 Å². The van der Waals surface area contributed by atoms with Crippen molar-refractivity contribution >= 4 is 22.9 Å². The molecule has 0 radical (unpaired) electrons. The van der Waals surface area contributed by atoms with E-state index in [1.54, 1.807) is 17.6 Å². The number of imidazole rings is 1. The van der Waals surface area contributed by atoms with Crippen LogP contribution in [0.15, 0.2) is 30.9 Å². The molecule has 2 atom stereocenters. The van der Waals surface area contributed by atoms with Crippen LogP contribution in [0.2, 0.25) is 5.02 Å². The summed E-state index contributed by atoms with van der Waals surface area (Å²) in [4.78, 5) is 6.45. The molecule has 0 aromatic carbocycles. The minimum absolute atomic E-state index is 0.00536. The van der Waals surface area contributed by atoms with Crippen molar-refractivity contribution in [2.45, 2.75) is 25.5 Å². The molecule has 7 nitrogen and oxygen atoms in total. The maximum absolute atomic E-state index is 9.98. The van der Waals surface area contributed by atoms with Gasteiger partial charge in [0.25, 0.3) is 0 Å². The topological polar surface area (TPSA) is 73.3 Å². The fraction of sp³-hybridized carbons (Fsp3) is 0.438. The number of aliphatic hydroxyl groups excluding tert-OH is 1. The Bertz CT molecular complexity index is 790. The van der Waals surface area contributed by atoms with Gasteiger partial charge in [-0.3, -0.25) is 15.3 Å². The molecule has 0 bridgehead atoms. The molecule has 8 heteroatoms. The van der Waals surface area contributed by atoms with Crippen LogP contribution in [0.25, 0.3) is 5.52 Å². The maximum Gasteiger partial charge on any atom is 0.120 e. The lowest BCUT2D eigenvalue weighted by Gasteiger charge is -2.34. The van der Waals surface area contributed by atoms with E-state index in [0.717, 1.165) is 29.9 Å². The molecule has 1 fully saturated rings. The lowest BCUT2D eigenvalue weighted by atomic mass is 10.1. The number of fused-ring (bicyclic) bond motifs is 1. The Morgan fingerprint density at radius 3 is 2.96 bits per heavy atom. The normalized spacial score (nSPS) is 22.9. The lowest BCUT2D eigenvalue weighted by Crippen LogP contribution is -2.42. The number of nitrogens with two attached hydrogens (primary N) is 1. The van der Waals surface area contributed by atoms with Gasteiger partial charge >= 0.3 is 0 Å². The quantitative estimate of drug-likeness (QED) is 0.820. The minimum Gasteiger partial charge on any atom is -0.391 e. The van der Waals surface area contributed by atoms with E-state index < -0.39 is 0 Å². The number of pyridine rings is 1. The molecule has 0 saturated carbocycles. The number of nitrogens with zero attached hydrogens (tertiary/aromatic N) is 5. The van der Waals surface area contributed by atoms with Crippen molar-refractivity contribution in [2.24, 2.45) is 5.84 Å². The largest absolute Gasteiger partial charge is 0.391 e. The summed E-state index contributed by atoms with van der Waals surface area (Å²) >= 11 is 6.49. The van der Waals surface area contributed by atoms with Crippen molar-refractivity contribution in [1.29, 1.82) is 0 Å². The van der Waals surface area contributed by atoms with Crippen LogP contribution in [0.1, 0.15) is 24.9 Å². The Morgan fingerprint density at radius 1 is 1.46 bits per heavy atom. The van der Waals surface area contributed by atoms with Crippen molar-refractivity contribution in [3.8, 4) is 0 Å². The first-order chi connectivity index (χ1) is 11.6. The Morgan fingerprint density at radius 2 is 2.29 bits per heavy atom.